The van der Waals surface area contributed by atoms with Crippen LogP contribution in [0.2, 0.25) is 10.0 Å². The molecule has 0 aromatic heterocycles. The van der Waals surface area contributed by atoms with Crippen molar-refractivity contribution < 1.29 is 13.3 Å². The minimum absolute atomic E-state index is 0.335. The van der Waals surface area contributed by atoms with Gasteiger partial charge in [-0.25, -0.2) is 8.60 Å². The molecule has 1 atom stereocenters. The third kappa shape index (κ3) is 4.76. The zero-order valence-electron chi connectivity index (χ0n) is 13.0. The van der Waals surface area contributed by atoms with Crippen molar-refractivity contribution in [1.82, 2.24) is 0 Å². The van der Waals surface area contributed by atoms with E-state index in [1.54, 1.807) is 36.4 Å². The molecule has 0 radical (unpaired) electrons. The first-order valence-electron chi connectivity index (χ1n) is 7.29. The second-order valence-electron chi connectivity index (χ2n) is 5.15. The molecule has 0 spiro atoms. The predicted octanol–water partition coefficient (Wildman–Crippen LogP) is 6.82. The Balaban J connectivity index is 1.75. The summed E-state index contributed by atoms with van der Waals surface area (Å²) in [5.74, 6) is 0.703. The average molecular weight is 475 g/mol. The Bertz CT molecular complexity index is 970. The number of hydrogen-bond donors (Lipinski definition) is 1. The van der Waals surface area contributed by atoms with Gasteiger partial charge < -0.3 is 9.46 Å². The molecule has 0 saturated carbocycles. The van der Waals surface area contributed by atoms with Crippen LogP contribution in [0.3, 0.4) is 0 Å². The zero-order chi connectivity index (χ0) is 18.7. The quantitative estimate of drug-likeness (QED) is 0.440. The average Bonchev–Trinajstić information content (AvgIpc) is 2.61. The molecule has 0 amide bonds. The molecule has 26 heavy (non-hydrogen) atoms. The summed E-state index contributed by atoms with van der Waals surface area (Å²) in [6.45, 7) is 0. The largest absolute Gasteiger partial charge is 0.456 e. The Morgan fingerprint density at radius 1 is 1.00 bits per heavy atom. The van der Waals surface area contributed by atoms with Crippen LogP contribution in [0.5, 0.6) is 11.5 Å². The number of benzene rings is 3. The Hall–Kier alpha value is -1.60. The summed E-state index contributed by atoms with van der Waals surface area (Å²) in [5, 5.41) is 0.805. The van der Waals surface area contributed by atoms with E-state index in [0.717, 1.165) is 0 Å². The molecule has 3 aromatic carbocycles. The first-order chi connectivity index (χ1) is 12.4. The lowest BCUT2D eigenvalue weighted by molar-refractivity contribution is 0.477. The van der Waals surface area contributed by atoms with Crippen LogP contribution in [0.1, 0.15) is 0 Å². The van der Waals surface area contributed by atoms with E-state index >= 15 is 0 Å². The van der Waals surface area contributed by atoms with E-state index in [2.05, 4.69) is 20.7 Å². The highest BCUT2D eigenvalue weighted by molar-refractivity contribution is 9.10. The van der Waals surface area contributed by atoms with Gasteiger partial charge in [0.15, 0.2) is 11.0 Å². The summed E-state index contributed by atoms with van der Waals surface area (Å²) >= 11 is 15.4. The van der Waals surface area contributed by atoms with Crippen LogP contribution in [0.4, 0.5) is 10.1 Å². The monoisotopic (exact) mass is 473 g/mol. The van der Waals surface area contributed by atoms with Gasteiger partial charge in [-0.1, -0.05) is 23.2 Å². The molecule has 0 heterocycles. The van der Waals surface area contributed by atoms with Crippen molar-refractivity contribution in [2.45, 2.75) is 4.90 Å². The van der Waals surface area contributed by atoms with E-state index < -0.39 is 11.0 Å². The van der Waals surface area contributed by atoms with Crippen molar-refractivity contribution >= 4 is 55.8 Å². The van der Waals surface area contributed by atoms with Crippen molar-refractivity contribution in [2.75, 3.05) is 4.72 Å². The number of halogens is 4. The maximum absolute atomic E-state index is 13.0. The number of rotatable bonds is 5. The summed E-state index contributed by atoms with van der Waals surface area (Å²) in [6.07, 6.45) is 0. The fourth-order valence-electron chi connectivity index (χ4n) is 2.06. The Morgan fingerprint density at radius 3 is 2.42 bits per heavy atom. The topological polar surface area (TPSA) is 38.3 Å². The standard InChI is InChI=1S/C18H11BrCl2FNO2S/c19-15-10-13(23-26(24)18-9-11(20)1-7-16(18)21)4-8-17(15)25-14-5-2-12(22)3-6-14/h1-10,23H. The molecular formula is C18H11BrCl2FNO2S. The van der Waals surface area contributed by atoms with E-state index in [0.29, 0.717) is 36.6 Å². The van der Waals surface area contributed by atoms with Gasteiger partial charge in [-0.2, -0.15) is 0 Å². The fraction of sp³-hybridized carbons (Fsp3) is 0. The highest BCUT2D eigenvalue weighted by Gasteiger charge is 2.11. The van der Waals surface area contributed by atoms with Gasteiger partial charge in [0, 0.05) is 10.7 Å². The van der Waals surface area contributed by atoms with Gasteiger partial charge in [-0.3, -0.25) is 0 Å². The highest BCUT2D eigenvalue weighted by atomic mass is 79.9. The first kappa shape index (κ1) is 19.2. The third-order valence-corrected chi connectivity index (χ3v) is 5.73. The highest BCUT2D eigenvalue weighted by Crippen LogP contribution is 2.33. The van der Waals surface area contributed by atoms with E-state index in [-0.39, 0.29) is 5.82 Å². The van der Waals surface area contributed by atoms with Crippen LogP contribution in [-0.2, 0) is 11.0 Å². The molecule has 134 valence electrons. The minimum atomic E-state index is -1.58. The second kappa shape index (κ2) is 8.39. The summed E-state index contributed by atoms with van der Waals surface area (Å²) in [4.78, 5) is 0.391. The summed E-state index contributed by atoms with van der Waals surface area (Å²) in [7, 11) is -1.58. The number of ether oxygens (including phenoxy) is 1. The summed E-state index contributed by atoms with van der Waals surface area (Å²) < 4.78 is 34.6. The van der Waals surface area contributed by atoms with Gasteiger partial charge in [0.1, 0.15) is 17.3 Å². The lowest BCUT2D eigenvalue weighted by Gasteiger charge is -2.11. The van der Waals surface area contributed by atoms with Crippen molar-refractivity contribution in [1.29, 1.82) is 0 Å². The molecule has 3 nitrogen and oxygen atoms in total. The van der Waals surface area contributed by atoms with Crippen LogP contribution in [0.25, 0.3) is 0 Å². The number of nitrogens with one attached hydrogen (secondary N) is 1. The molecule has 1 N–H and O–H groups in total. The smallest absolute Gasteiger partial charge is 0.151 e. The van der Waals surface area contributed by atoms with Crippen molar-refractivity contribution in [2.24, 2.45) is 0 Å². The van der Waals surface area contributed by atoms with Crippen LogP contribution < -0.4 is 9.46 Å². The molecule has 0 bridgehead atoms. The van der Waals surface area contributed by atoms with Crippen molar-refractivity contribution in [3.05, 3.63) is 81.0 Å². The van der Waals surface area contributed by atoms with Crippen LogP contribution in [0, 0.1) is 5.82 Å². The summed E-state index contributed by atoms with van der Waals surface area (Å²) in [6, 6.07) is 15.6. The predicted molar refractivity (Wildman–Crippen MR) is 107 cm³/mol. The minimum Gasteiger partial charge on any atom is -0.456 e. The van der Waals surface area contributed by atoms with Gasteiger partial charge in [-0.15, -0.1) is 0 Å². The lowest BCUT2D eigenvalue weighted by atomic mass is 10.3. The van der Waals surface area contributed by atoms with Crippen molar-refractivity contribution in [3.63, 3.8) is 0 Å². The zero-order valence-corrected chi connectivity index (χ0v) is 16.9. The fourth-order valence-corrected chi connectivity index (χ4v) is 4.01. The van der Waals surface area contributed by atoms with Crippen molar-refractivity contribution in [3.8, 4) is 11.5 Å². The van der Waals surface area contributed by atoms with Gasteiger partial charge in [0.25, 0.3) is 0 Å². The lowest BCUT2D eigenvalue weighted by Crippen LogP contribution is -2.05. The maximum atomic E-state index is 13.0. The molecule has 0 aliphatic rings. The van der Waals surface area contributed by atoms with E-state index in [9.17, 15) is 8.60 Å². The third-order valence-electron chi connectivity index (χ3n) is 3.28. The second-order valence-corrected chi connectivity index (χ2v) is 8.03. The molecule has 3 rings (SSSR count). The molecule has 0 saturated heterocycles. The summed E-state index contributed by atoms with van der Waals surface area (Å²) in [5.41, 5.74) is 0.595. The van der Waals surface area contributed by atoms with E-state index in [4.69, 9.17) is 27.9 Å². The first-order valence-corrected chi connectivity index (χ1v) is 9.99. The normalized spacial score (nSPS) is 11.8. The van der Waals surface area contributed by atoms with E-state index in [1.165, 1.54) is 24.3 Å². The van der Waals surface area contributed by atoms with Gasteiger partial charge >= 0.3 is 0 Å². The molecule has 1 unspecified atom stereocenters. The Morgan fingerprint density at radius 2 is 1.73 bits per heavy atom. The number of anilines is 1. The molecular weight excluding hydrogens is 464 g/mol. The molecule has 8 heteroatoms. The SMILES string of the molecule is O=S(Nc1ccc(Oc2ccc(F)cc2)c(Br)c1)c1cc(Cl)ccc1Cl. The maximum Gasteiger partial charge on any atom is 0.151 e. The molecule has 0 aliphatic carbocycles. The van der Waals surface area contributed by atoms with Gasteiger partial charge in [0.05, 0.1) is 14.4 Å². The molecule has 3 aromatic rings. The van der Waals surface area contributed by atoms with E-state index in [1.807, 2.05) is 0 Å². The van der Waals surface area contributed by atoms with Crippen LogP contribution in [0.15, 0.2) is 70.0 Å². The Labute approximate surface area is 170 Å². The Kier molecular flexibility index (Phi) is 6.19. The molecule has 0 fully saturated rings. The van der Waals surface area contributed by atoms with Gasteiger partial charge in [0.2, 0.25) is 0 Å². The van der Waals surface area contributed by atoms with Crippen LogP contribution >= 0.6 is 39.1 Å². The number of hydrogen-bond acceptors (Lipinski definition) is 2. The van der Waals surface area contributed by atoms with Crippen LogP contribution in [-0.4, -0.2) is 4.21 Å². The molecule has 0 aliphatic heterocycles. The van der Waals surface area contributed by atoms with Gasteiger partial charge in [-0.05, 0) is 76.6 Å².